The highest BCUT2D eigenvalue weighted by Gasteiger charge is 2.31. The Morgan fingerprint density at radius 1 is 1.48 bits per heavy atom. The standard InChI is InChI=1S/C14H19N7O2/c1-15-13-6-16-5-11(17-13)12-3-2-4-21(12)14(23)8-20-7-10(9-22)18-19-20/h5-7,12,22H,2-4,8-9H2,1H3,(H,15,17)/t12-/m0/s1. The molecule has 1 saturated heterocycles. The quantitative estimate of drug-likeness (QED) is 0.796. The summed E-state index contributed by atoms with van der Waals surface area (Å²) in [4.78, 5) is 23.0. The van der Waals surface area contributed by atoms with Gasteiger partial charge in [-0.1, -0.05) is 5.21 Å². The number of nitrogens with one attached hydrogen (secondary N) is 1. The van der Waals surface area contributed by atoms with Crippen molar-refractivity contribution in [3.63, 3.8) is 0 Å². The SMILES string of the molecule is CNc1cncc([C@@H]2CCCN2C(=O)Cn2cc(CO)nn2)n1. The van der Waals surface area contributed by atoms with Crippen LogP contribution in [0.15, 0.2) is 18.6 Å². The normalized spacial score (nSPS) is 17.5. The van der Waals surface area contributed by atoms with Crippen LogP contribution in [-0.4, -0.2) is 54.5 Å². The number of nitrogens with zero attached hydrogens (tertiary/aromatic N) is 6. The van der Waals surface area contributed by atoms with Crippen LogP contribution in [0.3, 0.4) is 0 Å². The Bertz CT molecular complexity index is 687. The Kier molecular flexibility index (Phi) is 4.47. The lowest BCUT2D eigenvalue weighted by Gasteiger charge is -2.24. The molecule has 1 atom stereocenters. The average Bonchev–Trinajstić information content (AvgIpc) is 3.23. The van der Waals surface area contributed by atoms with Crippen molar-refractivity contribution in [3.8, 4) is 0 Å². The second kappa shape index (κ2) is 6.69. The lowest BCUT2D eigenvalue weighted by Crippen LogP contribution is -2.34. The maximum atomic E-state index is 12.6. The molecule has 3 heterocycles. The van der Waals surface area contributed by atoms with E-state index < -0.39 is 0 Å². The molecule has 0 radical (unpaired) electrons. The largest absolute Gasteiger partial charge is 0.390 e. The van der Waals surface area contributed by atoms with E-state index in [1.807, 2.05) is 4.90 Å². The zero-order valence-electron chi connectivity index (χ0n) is 12.9. The molecule has 0 aliphatic carbocycles. The number of carbonyl (C=O) groups is 1. The summed E-state index contributed by atoms with van der Waals surface area (Å²) in [5, 5.41) is 19.6. The molecule has 1 amide bonds. The molecule has 0 saturated carbocycles. The van der Waals surface area contributed by atoms with Crippen molar-refractivity contribution in [2.45, 2.75) is 32.0 Å². The molecule has 2 aromatic heterocycles. The van der Waals surface area contributed by atoms with E-state index in [0.29, 0.717) is 18.1 Å². The highest BCUT2D eigenvalue weighted by atomic mass is 16.3. The van der Waals surface area contributed by atoms with Gasteiger partial charge in [0.2, 0.25) is 5.91 Å². The van der Waals surface area contributed by atoms with Gasteiger partial charge in [0.1, 0.15) is 18.1 Å². The second-order valence-corrected chi connectivity index (χ2v) is 5.39. The maximum absolute atomic E-state index is 12.6. The Balaban J connectivity index is 1.73. The van der Waals surface area contributed by atoms with Gasteiger partial charge in [0.25, 0.3) is 0 Å². The fourth-order valence-corrected chi connectivity index (χ4v) is 2.75. The predicted octanol–water partition coefficient (Wildman–Crippen LogP) is -0.0342. The summed E-state index contributed by atoms with van der Waals surface area (Å²) in [5.41, 5.74) is 1.24. The van der Waals surface area contributed by atoms with Gasteiger partial charge in [-0.05, 0) is 12.8 Å². The van der Waals surface area contributed by atoms with Crippen LogP contribution in [0.1, 0.15) is 30.3 Å². The number of carbonyl (C=O) groups excluding carboxylic acids is 1. The molecular formula is C14H19N7O2. The monoisotopic (exact) mass is 317 g/mol. The number of rotatable bonds is 5. The number of amides is 1. The first-order valence-electron chi connectivity index (χ1n) is 7.50. The number of hydrogen-bond donors (Lipinski definition) is 2. The van der Waals surface area contributed by atoms with Crippen molar-refractivity contribution >= 4 is 11.7 Å². The lowest BCUT2D eigenvalue weighted by atomic mass is 10.1. The summed E-state index contributed by atoms with van der Waals surface area (Å²) in [7, 11) is 1.79. The van der Waals surface area contributed by atoms with Crippen molar-refractivity contribution in [3.05, 3.63) is 30.0 Å². The Hall–Kier alpha value is -2.55. The minimum absolute atomic E-state index is 0.0430. The molecule has 9 nitrogen and oxygen atoms in total. The molecule has 9 heteroatoms. The van der Waals surface area contributed by atoms with Gasteiger partial charge in [-0.25, -0.2) is 9.67 Å². The summed E-state index contributed by atoms with van der Waals surface area (Å²) in [6, 6.07) is -0.0656. The molecule has 1 aliphatic rings. The molecule has 0 spiro atoms. The molecule has 122 valence electrons. The van der Waals surface area contributed by atoms with Crippen molar-refractivity contribution < 1.29 is 9.90 Å². The third kappa shape index (κ3) is 3.29. The Morgan fingerprint density at radius 3 is 3.09 bits per heavy atom. The Labute approximate surface area is 133 Å². The number of anilines is 1. The zero-order valence-corrected chi connectivity index (χ0v) is 12.9. The first-order chi connectivity index (χ1) is 11.2. The van der Waals surface area contributed by atoms with Gasteiger partial charge in [0.05, 0.1) is 36.9 Å². The van der Waals surface area contributed by atoms with Crippen molar-refractivity contribution in [1.29, 1.82) is 0 Å². The summed E-state index contributed by atoms with van der Waals surface area (Å²) >= 11 is 0. The van der Waals surface area contributed by atoms with Gasteiger partial charge >= 0.3 is 0 Å². The minimum atomic E-state index is -0.188. The summed E-state index contributed by atoms with van der Waals surface area (Å²) in [6.45, 7) is 0.603. The summed E-state index contributed by atoms with van der Waals surface area (Å²) in [5.74, 6) is 0.643. The topological polar surface area (TPSA) is 109 Å². The lowest BCUT2D eigenvalue weighted by molar-refractivity contribution is -0.133. The van der Waals surface area contributed by atoms with Gasteiger partial charge in [0.15, 0.2) is 0 Å². The smallest absolute Gasteiger partial charge is 0.244 e. The number of aliphatic hydroxyl groups is 1. The summed E-state index contributed by atoms with van der Waals surface area (Å²) in [6.07, 6.45) is 6.73. The molecular weight excluding hydrogens is 298 g/mol. The van der Waals surface area contributed by atoms with E-state index in [0.717, 1.165) is 18.5 Å². The molecule has 1 aliphatic heterocycles. The number of aliphatic hydroxyl groups excluding tert-OH is 1. The second-order valence-electron chi connectivity index (χ2n) is 5.39. The molecule has 0 unspecified atom stereocenters. The minimum Gasteiger partial charge on any atom is -0.390 e. The van der Waals surface area contributed by atoms with Gasteiger partial charge in [-0.3, -0.25) is 9.78 Å². The van der Waals surface area contributed by atoms with E-state index >= 15 is 0 Å². The first-order valence-corrected chi connectivity index (χ1v) is 7.50. The molecule has 23 heavy (non-hydrogen) atoms. The first kappa shape index (κ1) is 15.3. The van der Waals surface area contributed by atoms with E-state index in [9.17, 15) is 4.79 Å². The fraction of sp³-hybridized carbons (Fsp3) is 0.500. The van der Waals surface area contributed by atoms with E-state index in [4.69, 9.17) is 5.11 Å². The Morgan fingerprint density at radius 2 is 2.35 bits per heavy atom. The van der Waals surface area contributed by atoms with Crippen LogP contribution >= 0.6 is 0 Å². The fourth-order valence-electron chi connectivity index (χ4n) is 2.75. The van der Waals surface area contributed by atoms with Crippen LogP contribution in [-0.2, 0) is 17.9 Å². The van der Waals surface area contributed by atoms with Crippen LogP contribution in [0.25, 0.3) is 0 Å². The van der Waals surface area contributed by atoms with Crippen molar-refractivity contribution in [2.24, 2.45) is 0 Å². The van der Waals surface area contributed by atoms with E-state index in [-0.39, 0.29) is 25.1 Å². The van der Waals surface area contributed by atoms with Crippen molar-refractivity contribution in [1.82, 2.24) is 29.9 Å². The highest BCUT2D eigenvalue weighted by molar-refractivity contribution is 5.76. The van der Waals surface area contributed by atoms with E-state index in [1.54, 1.807) is 25.6 Å². The molecule has 0 bridgehead atoms. The molecule has 3 rings (SSSR count). The van der Waals surface area contributed by atoms with Crippen LogP contribution in [0.5, 0.6) is 0 Å². The molecule has 0 aromatic carbocycles. The van der Waals surface area contributed by atoms with Gasteiger partial charge in [-0.2, -0.15) is 0 Å². The number of aromatic nitrogens is 5. The van der Waals surface area contributed by atoms with Crippen LogP contribution in [0.2, 0.25) is 0 Å². The third-order valence-electron chi connectivity index (χ3n) is 3.87. The molecule has 2 N–H and O–H groups in total. The molecule has 1 fully saturated rings. The van der Waals surface area contributed by atoms with Crippen LogP contribution in [0.4, 0.5) is 5.82 Å². The van der Waals surface area contributed by atoms with Gasteiger partial charge in [0, 0.05) is 13.6 Å². The summed E-state index contributed by atoms with van der Waals surface area (Å²) < 4.78 is 1.44. The van der Waals surface area contributed by atoms with Gasteiger partial charge < -0.3 is 15.3 Å². The highest BCUT2D eigenvalue weighted by Crippen LogP contribution is 2.31. The van der Waals surface area contributed by atoms with Crippen LogP contribution in [0, 0.1) is 0 Å². The predicted molar refractivity (Wildman–Crippen MR) is 81.2 cm³/mol. The molecule has 2 aromatic rings. The number of hydrogen-bond acceptors (Lipinski definition) is 7. The average molecular weight is 317 g/mol. The van der Waals surface area contributed by atoms with E-state index in [1.165, 1.54) is 4.68 Å². The van der Waals surface area contributed by atoms with Crippen LogP contribution < -0.4 is 5.32 Å². The van der Waals surface area contributed by atoms with Crippen molar-refractivity contribution in [2.75, 3.05) is 18.9 Å². The third-order valence-corrected chi connectivity index (χ3v) is 3.87. The maximum Gasteiger partial charge on any atom is 0.244 e. The van der Waals surface area contributed by atoms with Gasteiger partial charge in [-0.15, -0.1) is 5.10 Å². The van der Waals surface area contributed by atoms with E-state index in [2.05, 4.69) is 25.6 Å². The number of likely N-dealkylation sites (tertiary alicyclic amines) is 1. The zero-order chi connectivity index (χ0) is 16.2.